The van der Waals surface area contributed by atoms with Gasteiger partial charge in [-0.15, -0.1) is 11.3 Å². The van der Waals surface area contributed by atoms with E-state index in [0.717, 1.165) is 16.0 Å². The van der Waals surface area contributed by atoms with Gasteiger partial charge in [-0.05, 0) is 54.8 Å². The Hall–Kier alpha value is -2.95. The molecule has 1 aliphatic rings. The summed E-state index contributed by atoms with van der Waals surface area (Å²) in [6, 6.07) is 9.73. The lowest BCUT2D eigenvalue weighted by Gasteiger charge is -2.37. The van der Waals surface area contributed by atoms with Gasteiger partial charge >= 0.3 is 12.1 Å². The second-order valence-corrected chi connectivity index (χ2v) is 9.30. The molecule has 1 aromatic carbocycles. The number of fused-ring (bicyclic) bond motifs is 1. The number of ether oxygens (including phenoxy) is 1. The fourth-order valence-electron chi connectivity index (χ4n) is 4.13. The van der Waals surface area contributed by atoms with E-state index in [1.165, 1.54) is 16.2 Å². The average Bonchev–Trinajstić information content (AvgIpc) is 3.27. The molecular formula is C24H31N3O6S. The number of amides is 1. The molecule has 3 rings (SSSR count). The first-order valence-electron chi connectivity index (χ1n) is 11.4. The number of aliphatic carboxylic acids is 1. The Bertz CT molecular complexity index is 967. The summed E-state index contributed by atoms with van der Waals surface area (Å²) in [4.78, 5) is 39.3. The van der Waals surface area contributed by atoms with Gasteiger partial charge in [0.2, 0.25) is 5.91 Å². The third-order valence-corrected chi connectivity index (χ3v) is 6.90. The Morgan fingerprint density at radius 3 is 2.56 bits per heavy atom. The minimum atomic E-state index is -1.46. The van der Waals surface area contributed by atoms with E-state index in [2.05, 4.69) is 5.32 Å². The van der Waals surface area contributed by atoms with Crippen LogP contribution in [-0.4, -0.2) is 58.0 Å². The summed E-state index contributed by atoms with van der Waals surface area (Å²) < 4.78 is 5.05. The van der Waals surface area contributed by atoms with Crippen LogP contribution in [-0.2, 0) is 33.7 Å². The first-order valence-corrected chi connectivity index (χ1v) is 12.2. The molecule has 9 nitrogen and oxygen atoms in total. The van der Waals surface area contributed by atoms with Gasteiger partial charge in [0.1, 0.15) is 6.04 Å². The minimum Gasteiger partial charge on any atom is -0.480 e. The van der Waals surface area contributed by atoms with Crippen molar-refractivity contribution < 1.29 is 29.3 Å². The van der Waals surface area contributed by atoms with Crippen LogP contribution in [0.1, 0.15) is 41.7 Å². The number of thiophene rings is 1. The largest absolute Gasteiger partial charge is 0.507 e. The molecular weight excluding hydrogens is 458 g/mol. The van der Waals surface area contributed by atoms with E-state index in [1.807, 2.05) is 41.8 Å². The van der Waals surface area contributed by atoms with Crippen molar-refractivity contribution in [2.75, 3.05) is 6.54 Å². The van der Waals surface area contributed by atoms with Gasteiger partial charge in [-0.1, -0.05) is 36.8 Å². The molecule has 0 aliphatic carbocycles. The number of aryl methyl sites for hydroxylation is 1. The highest BCUT2D eigenvalue weighted by Crippen LogP contribution is 2.29. The van der Waals surface area contributed by atoms with Crippen LogP contribution >= 0.6 is 11.3 Å². The Morgan fingerprint density at radius 1 is 1.12 bits per heavy atom. The van der Waals surface area contributed by atoms with Gasteiger partial charge in [0.15, 0.2) is 6.23 Å². The van der Waals surface area contributed by atoms with Crippen molar-refractivity contribution in [1.82, 2.24) is 10.2 Å². The third-order valence-electron chi connectivity index (χ3n) is 5.92. The molecule has 0 spiro atoms. The Labute approximate surface area is 202 Å². The predicted octanol–water partition coefficient (Wildman–Crippen LogP) is 2.83. The maximum atomic E-state index is 13.6. The van der Waals surface area contributed by atoms with Gasteiger partial charge < -0.3 is 25.6 Å². The van der Waals surface area contributed by atoms with E-state index in [-0.39, 0.29) is 18.9 Å². The maximum Gasteiger partial charge on any atom is 0.507 e. The molecule has 0 bridgehead atoms. The van der Waals surface area contributed by atoms with E-state index in [0.29, 0.717) is 38.6 Å². The Morgan fingerprint density at radius 2 is 1.88 bits per heavy atom. The normalized spacial score (nSPS) is 17.0. The van der Waals surface area contributed by atoms with E-state index < -0.39 is 30.4 Å². The summed E-state index contributed by atoms with van der Waals surface area (Å²) in [6.07, 6.45) is 0.424. The number of nitrogens with two attached hydrogens (primary N) is 1. The second kappa shape index (κ2) is 12.5. The lowest BCUT2D eigenvalue weighted by Crippen LogP contribution is -2.56. The smallest absolute Gasteiger partial charge is 0.480 e. The molecule has 0 radical (unpaired) electrons. The molecule has 0 unspecified atom stereocenters. The molecule has 0 saturated heterocycles. The van der Waals surface area contributed by atoms with Gasteiger partial charge in [-0.2, -0.15) is 0 Å². The SMILES string of the molecule is NCCCC[C@H](N[C@@H](CCc1ccccc1)C(=O)O)C(=O)N1Cc2ccsc2C[C@H]1OC(=O)O. The van der Waals surface area contributed by atoms with Gasteiger partial charge in [0, 0.05) is 11.3 Å². The van der Waals surface area contributed by atoms with Crippen LogP contribution in [0.15, 0.2) is 41.8 Å². The first-order chi connectivity index (χ1) is 16.4. The quantitative estimate of drug-likeness (QED) is 0.263. The fraction of sp³-hybridized carbons (Fsp3) is 0.458. The summed E-state index contributed by atoms with van der Waals surface area (Å²) in [5.74, 6) is -1.41. The van der Waals surface area contributed by atoms with Gasteiger partial charge in [-0.3, -0.25) is 14.9 Å². The van der Waals surface area contributed by atoms with Crippen molar-refractivity contribution in [3.05, 3.63) is 57.8 Å². The van der Waals surface area contributed by atoms with Gasteiger partial charge in [-0.25, -0.2) is 4.79 Å². The van der Waals surface area contributed by atoms with Crippen molar-refractivity contribution in [1.29, 1.82) is 0 Å². The molecule has 0 fully saturated rings. The third kappa shape index (κ3) is 7.02. The molecule has 34 heavy (non-hydrogen) atoms. The van der Waals surface area contributed by atoms with Crippen LogP contribution in [0.5, 0.6) is 0 Å². The highest BCUT2D eigenvalue weighted by Gasteiger charge is 2.37. The zero-order valence-corrected chi connectivity index (χ0v) is 19.7. The summed E-state index contributed by atoms with van der Waals surface area (Å²) in [6.45, 7) is 0.677. The number of unbranched alkanes of at least 4 members (excludes halogenated alkanes) is 1. The number of nitrogens with zero attached hydrogens (tertiary/aromatic N) is 1. The minimum absolute atomic E-state index is 0.215. The van der Waals surface area contributed by atoms with Crippen LogP contribution in [0.25, 0.3) is 0 Å². The van der Waals surface area contributed by atoms with E-state index >= 15 is 0 Å². The number of rotatable bonds is 12. The number of carbonyl (C=O) groups is 3. The highest BCUT2D eigenvalue weighted by molar-refractivity contribution is 7.10. The summed E-state index contributed by atoms with van der Waals surface area (Å²) >= 11 is 1.50. The Kier molecular flexibility index (Phi) is 9.43. The van der Waals surface area contributed by atoms with E-state index in [4.69, 9.17) is 10.5 Å². The molecule has 1 aliphatic heterocycles. The molecule has 1 aromatic heterocycles. The van der Waals surface area contributed by atoms with E-state index in [9.17, 15) is 24.6 Å². The molecule has 10 heteroatoms. The topological polar surface area (TPSA) is 142 Å². The fourth-order valence-corrected chi connectivity index (χ4v) is 5.05. The van der Waals surface area contributed by atoms with Crippen LogP contribution in [0.3, 0.4) is 0 Å². The Balaban J connectivity index is 1.77. The lowest BCUT2D eigenvalue weighted by atomic mass is 10.0. The number of carboxylic acids is 1. The van der Waals surface area contributed by atoms with Gasteiger partial charge in [0.25, 0.3) is 0 Å². The maximum absolute atomic E-state index is 13.6. The summed E-state index contributed by atoms with van der Waals surface area (Å²) in [5.41, 5.74) is 7.58. The van der Waals surface area contributed by atoms with Crippen LogP contribution in [0.2, 0.25) is 0 Å². The average molecular weight is 490 g/mol. The molecule has 5 N–H and O–H groups in total. The zero-order valence-electron chi connectivity index (χ0n) is 18.9. The predicted molar refractivity (Wildman–Crippen MR) is 127 cm³/mol. The molecule has 3 atom stereocenters. The molecule has 0 saturated carbocycles. The first kappa shape index (κ1) is 25.7. The number of hydrogen-bond donors (Lipinski definition) is 4. The summed E-state index contributed by atoms with van der Waals surface area (Å²) in [7, 11) is 0. The monoisotopic (exact) mass is 489 g/mol. The standard InChI is InChI=1S/C24H31N3O6S/c25-12-5-4-8-18(26-19(23(29)30)10-9-16-6-2-1-3-7-16)22(28)27-15-17-11-13-34-20(17)14-21(27)33-24(31)32/h1-3,6-7,11,13,18-19,21,26H,4-5,8-10,12,14-15,25H2,(H,29,30)(H,31,32)/t18-,19-,21+/m0/s1. The zero-order chi connectivity index (χ0) is 24.5. The molecule has 2 heterocycles. The van der Waals surface area contributed by atoms with Crippen molar-refractivity contribution in [2.45, 2.75) is 63.4 Å². The van der Waals surface area contributed by atoms with Crippen LogP contribution in [0.4, 0.5) is 4.79 Å². The van der Waals surface area contributed by atoms with Crippen molar-refractivity contribution in [3.63, 3.8) is 0 Å². The molecule has 2 aromatic rings. The second-order valence-electron chi connectivity index (χ2n) is 8.30. The van der Waals surface area contributed by atoms with Crippen molar-refractivity contribution in [2.24, 2.45) is 5.73 Å². The van der Waals surface area contributed by atoms with Crippen LogP contribution < -0.4 is 11.1 Å². The number of hydrogen-bond acceptors (Lipinski definition) is 7. The van der Waals surface area contributed by atoms with Crippen LogP contribution in [0, 0.1) is 0 Å². The van der Waals surface area contributed by atoms with E-state index in [1.54, 1.807) is 0 Å². The molecule has 184 valence electrons. The number of carbonyl (C=O) groups excluding carboxylic acids is 1. The van der Waals surface area contributed by atoms with Crippen molar-refractivity contribution >= 4 is 29.4 Å². The van der Waals surface area contributed by atoms with Crippen molar-refractivity contribution in [3.8, 4) is 0 Å². The molecule has 1 amide bonds. The summed E-state index contributed by atoms with van der Waals surface area (Å²) in [5, 5.41) is 24.0. The number of benzene rings is 1. The van der Waals surface area contributed by atoms with Gasteiger partial charge in [0.05, 0.1) is 12.6 Å². The lowest BCUT2D eigenvalue weighted by molar-refractivity contribution is -0.148. The highest BCUT2D eigenvalue weighted by atomic mass is 32.1. The number of carboxylic acid groups (broad SMARTS) is 2. The number of nitrogens with one attached hydrogen (secondary N) is 1.